The molecule has 0 spiro atoms. The van der Waals surface area contributed by atoms with Gasteiger partial charge < -0.3 is 5.32 Å². The molecular formula is C11H17N3OS. The summed E-state index contributed by atoms with van der Waals surface area (Å²) in [5.74, 6) is 0. The molecule has 0 saturated carbocycles. The van der Waals surface area contributed by atoms with Gasteiger partial charge in [-0.05, 0) is 39.5 Å². The highest BCUT2D eigenvalue weighted by atomic mass is 32.1. The van der Waals surface area contributed by atoms with Crippen molar-refractivity contribution in [3.05, 3.63) is 10.6 Å². The zero-order valence-electron chi connectivity index (χ0n) is 9.67. The van der Waals surface area contributed by atoms with Gasteiger partial charge in [0.25, 0.3) is 0 Å². The van der Waals surface area contributed by atoms with Gasteiger partial charge in [-0.25, -0.2) is 9.78 Å². The fourth-order valence-corrected chi connectivity index (χ4v) is 2.85. The first kappa shape index (κ1) is 11.4. The van der Waals surface area contributed by atoms with Gasteiger partial charge in [0.05, 0.1) is 5.69 Å². The van der Waals surface area contributed by atoms with Crippen molar-refractivity contribution < 1.29 is 4.79 Å². The summed E-state index contributed by atoms with van der Waals surface area (Å²) in [5, 5.41) is 6.30. The van der Waals surface area contributed by atoms with Gasteiger partial charge in [-0.15, -0.1) is 11.3 Å². The fraction of sp³-hybridized carbons (Fsp3) is 0.636. The Bertz CT molecular complexity index is 363. The number of rotatable bonds is 2. The quantitative estimate of drug-likeness (QED) is 0.833. The number of urea groups is 1. The van der Waals surface area contributed by atoms with E-state index in [0.717, 1.165) is 18.0 Å². The van der Waals surface area contributed by atoms with E-state index < -0.39 is 0 Å². The molecule has 0 bridgehead atoms. The van der Waals surface area contributed by atoms with Gasteiger partial charge in [0.1, 0.15) is 0 Å². The van der Waals surface area contributed by atoms with Crippen molar-refractivity contribution in [2.45, 2.75) is 45.6 Å². The van der Waals surface area contributed by atoms with Gasteiger partial charge in [-0.1, -0.05) is 0 Å². The van der Waals surface area contributed by atoms with Crippen LogP contribution in [0.2, 0.25) is 0 Å². The van der Waals surface area contributed by atoms with Crippen LogP contribution in [0, 0.1) is 0 Å². The van der Waals surface area contributed by atoms with E-state index in [-0.39, 0.29) is 12.1 Å². The molecule has 0 atom stereocenters. The molecule has 2 amide bonds. The third kappa shape index (κ3) is 2.72. The van der Waals surface area contributed by atoms with Crippen LogP contribution in [-0.2, 0) is 12.8 Å². The smallest absolute Gasteiger partial charge is 0.321 e. The van der Waals surface area contributed by atoms with E-state index in [9.17, 15) is 4.79 Å². The van der Waals surface area contributed by atoms with E-state index in [1.165, 1.54) is 23.4 Å². The summed E-state index contributed by atoms with van der Waals surface area (Å²) in [5.41, 5.74) is 1.18. The molecule has 4 nitrogen and oxygen atoms in total. The molecule has 2 rings (SSSR count). The third-order valence-corrected chi connectivity index (χ3v) is 3.56. The highest BCUT2D eigenvalue weighted by molar-refractivity contribution is 7.15. The number of nitrogens with zero attached hydrogens (tertiary/aromatic N) is 1. The molecule has 5 heteroatoms. The highest BCUT2D eigenvalue weighted by Crippen LogP contribution is 2.29. The highest BCUT2D eigenvalue weighted by Gasteiger charge is 2.16. The molecule has 16 heavy (non-hydrogen) atoms. The van der Waals surface area contributed by atoms with Crippen LogP contribution in [0.4, 0.5) is 9.93 Å². The Hall–Kier alpha value is -1.10. The third-order valence-electron chi connectivity index (χ3n) is 2.49. The molecule has 0 aromatic carbocycles. The van der Waals surface area contributed by atoms with Gasteiger partial charge in [0, 0.05) is 10.9 Å². The van der Waals surface area contributed by atoms with Crippen molar-refractivity contribution in [2.75, 3.05) is 5.32 Å². The minimum Gasteiger partial charge on any atom is -0.336 e. The van der Waals surface area contributed by atoms with Crippen LogP contribution in [0.3, 0.4) is 0 Å². The maximum Gasteiger partial charge on any atom is 0.321 e. The summed E-state index contributed by atoms with van der Waals surface area (Å²) in [6, 6.07) is -0.0179. The van der Waals surface area contributed by atoms with E-state index in [2.05, 4.69) is 15.6 Å². The number of fused-ring (bicyclic) bond motifs is 1. The molecule has 1 aliphatic rings. The van der Waals surface area contributed by atoms with Crippen molar-refractivity contribution in [3.63, 3.8) is 0 Å². The zero-order chi connectivity index (χ0) is 11.5. The molecule has 0 aliphatic heterocycles. The minimum atomic E-state index is -0.166. The molecule has 1 aromatic rings. The van der Waals surface area contributed by atoms with E-state index in [0.29, 0.717) is 0 Å². The molecule has 88 valence electrons. The Labute approximate surface area is 99.5 Å². The Kier molecular flexibility index (Phi) is 3.43. The molecule has 0 radical (unpaired) electrons. The van der Waals surface area contributed by atoms with E-state index >= 15 is 0 Å². The number of hydrogen-bond donors (Lipinski definition) is 2. The number of anilines is 1. The van der Waals surface area contributed by atoms with Crippen molar-refractivity contribution in [2.24, 2.45) is 0 Å². The van der Waals surface area contributed by atoms with Crippen LogP contribution >= 0.6 is 11.3 Å². The largest absolute Gasteiger partial charge is 0.336 e. The molecule has 0 fully saturated rings. The number of thiazole rings is 1. The van der Waals surface area contributed by atoms with E-state index in [4.69, 9.17) is 0 Å². The maximum absolute atomic E-state index is 11.5. The van der Waals surface area contributed by atoms with Crippen molar-refractivity contribution >= 4 is 22.5 Å². The van der Waals surface area contributed by atoms with Crippen LogP contribution < -0.4 is 10.6 Å². The topological polar surface area (TPSA) is 54.0 Å². The molecule has 2 N–H and O–H groups in total. The average Bonchev–Trinajstić information content (AvgIpc) is 2.57. The second-order valence-electron chi connectivity index (χ2n) is 4.35. The van der Waals surface area contributed by atoms with Gasteiger partial charge in [0.15, 0.2) is 5.13 Å². The van der Waals surface area contributed by atoms with Gasteiger partial charge in [0.2, 0.25) is 0 Å². The van der Waals surface area contributed by atoms with Crippen LogP contribution in [-0.4, -0.2) is 17.1 Å². The molecule has 0 saturated heterocycles. The Morgan fingerprint density at radius 2 is 2.12 bits per heavy atom. The second-order valence-corrected chi connectivity index (χ2v) is 5.43. The van der Waals surface area contributed by atoms with Crippen molar-refractivity contribution in [1.82, 2.24) is 10.3 Å². The monoisotopic (exact) mass is 239 g/mol. The molecular weight excluding hydrogens is 222 g/mol. The SMILES string of the molecule is CC(C)NC(=O)Nc1nc2c(s1)CCCC2. The van der Waals surface area contributed by atoms with Crippen molar-refractivity contribution in [1.29, 1.82) is 0 Å². The van der Waals surface area contributed by atoms with E-state index in [1.807, 2.05) is 13.8 Å². The van der Waals surface area contributed by atoms with Crippen LogP contribution in [0.25, 0.3) is 0 Å². The summed E-state index contributed by atoms with van der Waals surface area (Å²) in [6.45, 7) is 3.87. The predicted molar refractivity (Wildman–Crippen MR) is 66.0 cm³/mol. The lowest BCUT2D eigenvalue weighted by molar-refractivity contribution is 0.250. The number of amides is 2. The zero-order valence-corrected chi connectivity index (χ0v) is 10.5. The molecule has 0 unspecified atom stereocenters. The minimum absolute atomic E-state index is 0.148. The Morgan fingerprint density at radius 1 is 1.38 bits per heavy atom. The maximum atomic E-state index is 11.5. The summed E-state index contributed by atoms with van der Waals surface area (Å²) in [7, 11) is 0. The first-order valence-electron chi connectivity index (χ1n) is 5.71. The number of hydrogen-bond acceptors (Lipinski definition) is 3. The summed E-state index contributed by atoms with van der Waals surface area (Å²) in [6.07, 6.45) is 4.63. The normalized spacial score (nSPS) is 14.7. The lowest BCUT2D eigenvalue weighted by Crippen LogP contribution is -2.34. The number of aromatic nitrogens is 1. The lowest BCUT2D eigenvalue weighted by atomic mass is 10.0. The van der Waals surface area contributed by atoms with Crippen LogP contribution in [0.15, 0.2) is 0 Å². The first-order valence-corrected chi connectivity index (χ1v) is 6.53. The van der Waals surface area contributed by atoms with Crippen LogP contribution in [0.1, 0.15) is 37.3 Å². The summed E-state index contributed by atoms with van der Waals surface area (Å²) < 4.78 is 0. The van der Waals surface area contributed by atoms with Gasteiger partial charge in [-0.2, -0.15) is 0 Å². The van der Waals surface area contributed by atoms with E-state index in [1.54, 1.807) is 11.3 Å². The standard InChI is InChI=1S/C11H17N3OS/c1-7(2)12-10(15)14-11-13-8-5-3-4-6-9(8)16-11/h7H,3-6H2,1-2H3,(H2,12,13,14,15). The second kappa shape index (κ2) is 4.82. The fourth-order valence-electron chi connectivity index (χ4n) is 1.80. The van der Waals surface area contributed by atoms with Gasteiger partial charge in [-0.3, -0.25) is 5.32 Å². The molecule has 1 heterocycles. The molecule has 1 aromatic heterocycles. The van der Waals surface area contributed by atoms with Crippen molar-refractivity contribution in [3.8, 4) is 0 Å². The number of aryl methyl sites for hydroxylation is 2. The van der Waals surface area contributed by atoms with Crippen LogP contribution in [0.5, 0.6) is 0 Å². The Balaban J connectivity index is 1.99. The first-order chi connectivity index (χ1) is 7.65. The predicted octanol–water partition coefficient (Wildman–Crippen LogP) is 2.55. The number of carbonyl (C=O) groups excluding carboxylic acids is 1. The number of nitrogens with one attached hydrogen (secondary N) is 2. The Morgan fingerprint density at radius 3 is 2.81 bits per heavy atom. The molecule has 1 aliphatic carbocycles. The lowest BCUT2D eigenvalue weighted by Gasteiger charge is -2.07. The summed E-state index contributed by atoms with van der Waals surface area (Å²) in [4.78, 5) is 17.3. The summed E-state index contributed by atoms with van der Waals surface area (Å²) >= 11 is 1.61. The number of carbonyl (C=O) groups is 1. The van der Waals surface area contributed by atoms with Gasteiger partial charge >= 0.3 is 6.03 Å². The average molecular weight is 239 g/mol.